The first-order chi connectivity index (χ1) is 13.8. The van der Waals surface area contributed by atoms with E-state index in [1.54, 1.807) is 0 Å². The van der Waals surface area contributed by atoms with Gasteiger partial charge in [-0.3, -0.25) is 14.3 Å². The predicted molar refractivity (Wildman–Crippen MR) is 95.0 cm³/mol. The molecule has 0 N–H and O–H groups in total. The van der Waals surface area contributed by atoms with Crippen molar-refractivity contribution >= 4 is 5.91 Å². The third kappa shape index (κ3) is 3.05. The number of fused-ring (bicyclic) bond motifs is 2. The van der Waals surface area contributed by atoms with Gasteiger partial charge in [-0.05, 0) is 43.2 Å². The topological polar surface area (TPSA) is 73.0 Å². The van der Waals surface area contributed by atoms with E-state index >= 15 is 0 Å². The zero-order valence-electron chi connectivity index (χ0n) is 15.6. The number of hydrogen-bond acceptors (Lipinski definition) is 4. The summed E-state index contributed by atoms with van der Waals surface area (Å²) in [6, 6.07) is 1.95. The van der Waals surface area contributed by atoms with Crippen molar-refractivity contribution in [2.45, 2.75) is 56.9 Å². The first-order valence-electron chi connectivity index (χ1n) is 9.82. The number of aryl methyl sites for hydroxylation is 1. The molecule has 4 aliphatic rings. The number of nitrogens with zero attached hydrogens (tertiary/aromatic N) is 5. The van der Waals surface area contributed by atoms with Crippen molar-refractivity contribution in [2.75, 3.05) is 6.54 Å². The molecule has 0 unspecified atom stereocenters. The van der Waals surface area contributed by atoms with Gasteiger partial charge in [0.15, 0.2) is 0 Å². The highest BCUT2D eigenvalue weighted by atomic mass is 19.4. The van der Waals surface area contributed by atoms with Crippen LogP contribution in [-0.4, -0.2) is 42.7 Å². The Morgan fingerprint density at radius 1 is 1.24 bits per heavy atom. The number of carbonyl (C=O) groups excluding carboxylic acids is 1. The van der Waals surface area contributed by atoms with Crippen LogP contribution in [0.15, 0.2) is 23.1 Å². The maximum absolute atomic E-state index is 13.1. The second-order valence-corrected chi connectivity index (χ2v) is 8.17. The first kappa shape index (κ1) is 18.4. The molecular weight excluding hydrogens is 387 g/mol. The van der Waals surface area contributed by atoms with Crippen LogP contribution in [0.2, 0.25) is 0 Å². The summed E-state index contributed by atoms with van der Waals surface area (Å²) in [5.74, 6) is 1.15. The van der Waals surface area contributed by atoms with Gasteiger partial charge < -0.3 is 4.90 Å². The van der Waals surface area contributed by atoms with Crippen molar-refractivity contribution < 1.29 is 18.0 Å². The third-order valence-corrected chi connectivity index (χ3v) is 6.25. The van der Waals surface area contributed by atoms with Gasteiger partial charge in [-0.25, -0.2) is 9.48 Å². The molecule has 0 spiro atoms. The van der Waals surface area contributed by atoms with E-state index in [-0.39, 0.29) is 12.5 Å². The number of halogens is 3. The third-order valence-electron chi connectivity index (χ3n) is 6.25. The van der Waals surface area contributed by atoms with Gasteiger partial charge >= 0.3 is 11.9 Å². The SMILES string of the molecule is O=C([C@@H]1CCCc2nn(Cc3ccc(C(F)(F)F)nc3)c(=O)n21)N1CC2CC1C2. The summed E-state index contributed by atoms with van der Waals surface area (Å²) < 4.78 is 40.7. The molecule has 154 valence electrons. The summed E-state index contributed by atoms with van der Waals surface area (Å²) in [5, 5.41) is 4.35. The van der Waals surface area contributed by atoms with Crippen LogP contribution >= 0.6 is 0 Å². The largest absolute Gasteiger partial charge is 0.433 e. The van der Waals surface area contributed by atoms with Gasteiger partial charge in [0.25, 0.3) is 0 Å². The number of alkyl halides is 3. The summed E-state index contributed by atoms with van der Waals surface area (Å²) in [5.41, 5.74) is -0.935. The normalized spacial score (nSPS) is 25.6. The molecule has 2 aromatic heterocycles. The maximum Gasteiger partial charge on any atom is 0.433 e. The lowest BCUT2D eigenvalue weighted by Gasteiger charge is -2.30. The number of aromatic nitrogens is 4. The molecule has 5 heterocycles. The van der Waals surface area contributed by atoms with E-state index in [0.29, 0.717) is 36.2 Å². The molecule has 1 amide bonds. The summed E-state index contributed by atoms with van der Waals surface area (Å²) in [6.07, 6.45) is 0.689. The van der Waals surface area contributed by atoms with E-state index in [9.17, 15) is 22.8 Å². The molecule has 3 fully saturated rings. The van der Waals surface area contributed by atoms with Crippen LogP contribution in [-0.2, 0) is 23.9 Å². The number of hydrogen-bond donors (Lipinski definition) is 0. The van der Waals surface area contributed by atoms with Crippen molar-refractivity contribution in [2.24, 2.45) is 5.92 Å². The van der Waals surface area contributed by atoms with Crippen LogP contribution < -0.4 is 5.69 Å². The molecule has 7 nitrogen and oxygen atoms in total. The Labute approximate surface area is 164 Å². The second kappa shape index (κ2) is 6.43. The molecule has 29 heavy (non-hydrogen) atoms. The van der Waals surface area contributed by atoms with Gasteiger partial charge in [-0.2, -0.15) is 18.3 Å². The van der Waals surface area contributed by atoms with E-state index in [0.717, 1.165) is 38.1 Å². The number of amides is 1. The highest BCUT2D eigenvalue weighted by molar-refractivity contribution is 5.81. The fraction of sp³-hybridized carbons (Fsp3) is 0.579. The van der Waals surface area contributed by atoms with Crippen molar-refractivity contribution in [3.8, 4) is 0 Å². The van der Waals surface area contributed by atoms with Gasteiger partial charge in [0.05, 0.1) is 6.54 Å². The second-order valence-electron chi connectivity index (χ2n) is 8.17. The first-order valence-corrected chi connectivity index (χ1v) is 9.82. The van der Waals surface area contributed by atoms with E-state index in [1.165, 1.54) is 15.3 Å². The average molecular weight is 407 g/mol. The summed E-state index contributed by atoms with van der Waals surface area (Å²) in [7, 11) is 0. The molecule has 1 aliphatic carbocycles. The minimum Gasteiger partial charge on any atom is -0.338 e. The van der Waals surface area contributed by atoms with Gasteiger partial charge in [0.1, 0.15) is 17.6 Å². The molecule has 10 heteroatoms. The zero-order valence-corrected chi connectivity index (χ0v) is 15.6. The lowest BCUT2D eigenvalue weighted by molar-refractivity contribution is -0.141. The van der Waals surface area contributed by atoms with Crippen molar-refractivity contribution in [3.05, 3.63) is 45.9 Å². The number of pyridine rings is 1. The zero-order chi connectivity index (χ0) is 20.3. The molecule has 0 radical (unpaired) electrons. The standard InChI is InChI=1S/C19H20F3N5O2/c20-19(21,22)15-5-4-11(8-23-15)10-26-18(29)27-14(2-1-3-16(27)24-26)17(28)25-9-12-6-13(25)7-12/h4-5,8,12-14H,1-3,6-7,9-10H2/t12?,13?,14-/m0/s1. The Morgan fingerprint density at radius 3 is 2.66 bits per heavy atom. The van der Waals surface area contributed by atoms with Crippen molar-refractivity contribution in [1.29, 1.82) is 0 Å². The number of carbonyl (C=O) groups is 1. The summed E-state index contributed by atoms with van der Waals surface area (Å²) in [6.45, 7) is 0.786. The molecule has 0 aromatic carbocycles. The van der Waals surface area contributed by atoms with Gasteiger partial charge in [-0.15, -0.1) is 0 Å². The van der Waals surface area contributed by atoms with Crippen LogP contribution in [0.25, 0.3) is 0 Å². The molecule has 2 bridgehead atoms. The average Bonchev–Trinajstić information content (AvgIpc) is 3.34. The Hall–Kier alpha value is -2.65. The molecule has 2 aromatic rings. The minimum atomic E-state index is -4.51. The molecule has 6 rings (SSSR count). The Balaban J connectivity index is 1.40. The molecule has 2 saturated heterocycles. The van der Waals surface area contributed by atoms with Crippen LogP contribution in [0, 0.1) is 5.92 Å². The monoisotopic (exact) mass is 407 g/mol. The Bertz CT molecular complexity index is 1000. The van der Waals surface area contributed by atoms with E-state index < -0.39 is 23.6 Å². The number of rotatable bonds is 3. The molecular formula is C19H20F3N5O2. The maximum atomic E-state index is 13.1. The molecule has 1 saturated carbocycles. The Morgan fingerprint density at radius 2 is 2.03 bits per heavy atom. The van der Waals surface area contributed by atoms with Crippen LogP contribution in [0.5, 0.6) is 0 Å². The van der Waals surface area contributed by atoms with Gasteiger partial charge in [-0.1, -0.05) is 6.07 Å². The van der Waals surface area contributed by atoms with Crippen molar-refractivity contribution in [3.63, 3.8) is 0 Å². The van der Waals surface area contributed by atoms with E-state index in [2.05, 4.69) is 10.1 Å². The fourth-order valence-electron chi connectivity index (χ4n) is 4.72. The highest BCUT2D eigenvalue weighted by Gasteiger charge is 2.47. The van der Waals surface area contributed by atoms with Crippen LogP contribution in [0.3, 0.4) is 0 Å². The Kier molecular flexibility index (Phi) is 4.08. The van der Waals surface area contributed by atoms with Crippen LogP contribution in [0.1, 0.15) is 48.8 Å². The molecule has 3 aliphatic heterocycles. The summed E-state index contributed by atoms with van der Waals surface area (Å²) in [4.78, 5) is 31.4. The quantitative estimate of drug-likeness (QED) is 0.780. The predicted octanol–water partition coefficient (Wildman–Crippen LogP) is 2.01. The van der Waals surface area contributed by atoms with Gasteiger partial charge in [0.2, 0.25) is 5.91 Å². The summed E-state index contributed by atoms with van der Waals surface area (Å²) >= 11 is 0. The van der Waals surface area contributed by atoms with E-state index in [4.69, 9.17) is 0 Å². The lowest BCUT2D eigenvalue weighted by atomic mass is 9.86. The fourth-order valence-corrected chi connectivity index (χ4v) is 4.72. The minimum absolute atomic E-state index is 0.00574. The van der Waals surface area contributed by atoms with Crippen molar-refractivity contribution in [1.82, 2.24) is 24.2 Å². The smallest absolute Gasteiger partial charge is 0.338 e. The van der Waals surface area contributed by atoms with Crippen LogP contribution in [0.4, 0.5) is 13.2 Å². The lowest BCUT2D eigenvalue weighted by Crippen LogP contribution is -2.43. The van der Waals surface area contributed by atoms with E-state index in [1.807, 2.05) is 4.90 Å². The van der Waals surface area contributed by atoms with Gasteiger partial charge in [0, 0.05) is 25.2 Å². The molecule has 1 atom stereocenters. The highest BCUT2D eigenvalue weighted by Crippen LogP contribution is 2.42.